The predicted molar refractivity (Wildman–Crippen MR) is 98.2 cm³/mol. The minimum Gasteiger partial charge on any atom is -0.535 e. The van der Waals surface area contributed by atoms with Crippen LogP contribution in [0.1, 0.15) is 22.3 Å². The number of fused-ring (bicyclic) bond motifs is 1. The van der Waals surface area contributed by atoms with Crippen LogP contribution in [0.2, 0.25) is 6.32 Å². The van der Waals surface area contributed by atoms with Gasteiger partial charge in [-0.05, 0) is 31.4 Å². The standard InChI is InChI=1S/C17H22BN3O7/c1-20-11(6-13(19)22)16(23)21-7-10(8-21)27-12-3-2-9-4-5-18(26)28-15(9)14(12)17(24)25/h2-3,10-11,20,26H,4-8H2,1H3,(H2,19,22)(H,24,25). The highest BCUT2D eigenvalue weighted by Crippen LogP contribution is 2.37. The number of benzene rings is 1. The molecule has 5 N–H and O–H groups in total. The number of rotatable bonds is 7. The number of likely N-dealkylation sites (tertiary alicyclic amines) is 1. The van der Waals surface area contributed by atoms with Gasteiger partial charge >= 0.3 is 13.1 Å². The van der Waals surface area contributed by atoms with Gasteiger partial charge in [-0.1, -0.05) is 6.07 Å². The molecule has 1 aromatic carbocycles. The third-order valence-electron chi connectivity index (χ3n) is 4.83. The van der Waals surface area contributed by atoms with Gasteiger partial charge in [-0.3, -0.25) is 9.59 Å². The summed E-state index contributed by atoms with van der Waals surface area (Å²) in [5, 5.41) is 22.0. The zero-order valence-corrected chi connectivity index (χ0v) is 15.4. The van der Waals surface area contributed by atoms with Crippen LogP contribution in [-0.4, -0.2) is 72.2 Å². The van der Waals surface area contributed by atoms with E-state index in [0.717, 1.165) is 0 Å². The number of amides is 2. The fraction of sp³-hybridized carbons (Fsp3) is 0.471. The topological polar surface area (TPSA) is 151 Å². The molecule has 1 aromatic rings. The van der Waals surface area contributed by atoms with E-state index in [4.69, 9.17) is 15.1 Å². The zero-order chi connectivity index (χ0) is 20.4. The largest absolute Gasteiger partial charge is 0.535 e. The van der Waals surface area contributed by atoms with Gasteiger partial charge in [0.15, 0.2) is 0 Å². The second-order valence-corrected chi connectivity index (χ2v) is 6.84. The molecule has 1 unspecified atom stereocenters. The molecule has 28 heavy (non-hydrogen) atoms. The molecule has 2 aliphatic rings. The van der Waals surface area contributed by atoms with E-state index in [2.05, 4.69) is 5.32 Å². The van der Waals surface area contributed by atoms with Gasteiger partial charge in [0.1, 0.15) is 23.2 Å². The molecule has 10 nitrogen and oxygen atoms in total. The Balaban J connectivity index is 1.68. The SMILES string of the molecule is CNC(CC(N)=O)C(=O)N1CC(Oc2ccc3c(c2C(=O)O)OB(O)CC3)C1. The van der Waals surface area contributed by atoms with Gasteiger partial charge in [-0.2, -0.15) is 0 Å². The average Bonchev–Trinajstić information content (AvgIpc) is 2.60. The van der Waals surface area contributed by atoms with Crippen molar-refractivity contribution in [1.29, 1.82) is 0 Å². The van der Waals surface area contributed by atoms with Crippen LogP contribution in [0.3, 0.4) is 0 Å². The predicted octanol–water partition coefficient (Wildman–Crippen LogP) is -1.15. The molecule has 1 saturated heterocycles. The van der Waals surface area contributed by atoms with Crippen molar-refractivity contribution in [2.75, 3.05) is 20.1 Å². The fourth-order valence-electron chi connectivity index (χ4n) is 3.32. The van der Waals surface area contributed by atoms with Gasteiger partial charge in [-0.25, -0.2) is 4.79 Å². The second-order valence-electron chi connectivity index (χ2n) is 6.84. The Hall–Kier alpha value is -2.79. The quantitative estimate of drug-likeness (QED) is 0.426. The van der Waals surface area contributed by atoms with Gasteiger partial charge in [0.05, 0.1) is 25.6 Å². The maximum Gasteiger partial charge on any atom is 0.522 e. The first kappa shape index (κ1) is 20.0. The molecule has 0 saturated carbocycles. The number of likely N-dealkylation sites (N-methyl/N-ethyl adjacent to an activating group) is 1. The van der Waals surface area contributed by atoms with E-state index in [1.807, 2.05) is 0 Å². The summed E-state index contributed by atoms with van der Waals surface area (Å²) in [6.45, 7) is 0.519. The molecule has 0 spiro atoms. The number of aromatic carboxylic acids is 1. The number of aryl methyl sites for hydroxylation is 1. The van der Waals surface area contributed by atoms with Crippen molar-refractivity contribution in [3.8, 4) is 11.5 Å². The summed E-state index contributed by atoms with van der Waals surface area (Å²) in [5.74, 6) is -1.82. The molecule has 2 aliphatic heterocycles. The maximum absolute atomic E-state index is 12.4. The molecular formula is C17H22BN3O7. The van der Waals surface area contributed by atoms with Gasteiger partial charge in [-0.15, -0.1) is 0 Å². The van der Waals surface area contributed by atoms with Gasteiger partial charge in [0, 0.05) is 0 Å². The molecule has 3 rings (SSSR count). The monoisotopic (exact) mass is 391 g/mol. The molecule has 2 amide bonds. The zero-order valence-electron chi connectivity index (χ0n) is 15.4. The molecule has 0 radical (unpaired) electrons. The molecule has 2 heterocycles. The van der Waals surface area contributed by atoms with E-state index in [0.29, 0.717) is 18.3 Å². The summed E-state index contributed by atoms with van der Waals surface area (Å²) in [4.78, 5) is 36.6. The molecule has 0 aliphatic carbocycles. The number of nitrogens with zero attached hydrogens (tertiary/aromatic N) is 1. The molecule has 0 aromatic heterocycles. The summed E-state index contributed by atoms with van der Waals surface area (Å²) in [6, 6.07) is 2.58. The third kappa shape index (κ3) is 4.05. The first-order valence-corrected chi connectivity index (χ1v) is 8.95. The van der Waals surface area contributed by atoms with Crippen molar-refractivity contribution in [3.63, 3.8) is 0 Å². The number of carbonyl (C=O) groups is 3. The summed E-state index contributed by atoms with van der Waals surface area (Å²) >= 11 is 0. The van der Waals surface area contributed by atoms with Crippen LogP contribution >= 0.6 is 0 Å². The highest BCUT2D eigenvalue weighted by atomic mass is 16.5. The van der Waals surface area contributed by atoms with Gasteiger partial charge in [0.2, 0.25) is 11.8 Å². The molecular weight excluding hydrogens is 369 g/mol. The first-order valence-electron chi connectivity index (χ1n) is 8.95. The Morgan fingerprint density at radius 3 is 2.75 bits per heavy atom. The first-order chi connectivity index (χ1) is 13.3. The molecule has 0 bridgehead atoms. The van der Waals surface area contributed by atoms with Gasteiger partial charge < -0.3 is 35.5 Å². The highest BCUT2D eigenvalue weighted by Gasteiger charge is 2.37. The molecule has 1 fully saturated rings. The van der Waals surface area contributed by atoms with Crippen LogP contribution in [0.15, 0.2) is 12.1 Å². The highest BCUT2D eigenvalue weighted by molar-refractivity contribution is 6.44. The van der Waals surface area contributed by atoms with Crippen LogP contribution in [0.4, 0.5) is 0 Å². The van der Waals surface area contributed by atoms with Crippen LogP contribution in [-0.2, 0) is 16.0 Å². The molecule has 150 valence electrons. The number of nitrogens with two attached hydrogens (primary N) is 1. The van der Waals surface area contributed by atoms with Crippen molar-refractivity contribution >= 4 is 24.9 Å². The normalized spacial score (nSPS) is 17.2. The smallest absolute Gasteiger partial charge is 0.522 e. The number of hydrogen-bond acceptors (Lipinski definition) is 7. The van der Waals surface area contributed by atoms with Crippen LogP contribution < -0.4 is 20.4 Å². The van der Waals surface area contributed by atoms with Crippen molar-refractivity contribution in [2.45, 2.75) is 31.3 Å². The fourth-order valence-corrected chi connectivity index (χ4v) is 3.32. The second kappa shape index (κ2) is 8.07. The molecule has 1 atom stereocenters. The van der Waals surface area contributed by atoms with Crippen molar-refractivity contribution in [1.82, 2.24) is 10.2 Å². The summed E-state index contributed by atoms with van der Waals surface area (Å²) < 4.78 is 11.1. The number of carboxylic acid groups (broad SMARTS) is 1. The van der Waals surface area contributed by atoms with E-state index in [1.165, 1.54) is 4.90 Å². The lowest BCUT2D eigenvalue weighted by atomic mass is 9.78. The van der Waals surface area contributed by atoms with Gasteiger partial charge in [0.25, 0.3) is 0 Å². The Bertz CT molecular complexity index is 797. The summed E-state index contributed by atoms with van der Waals surface area (Å²) in [5.41, 5.74) is 5.71. The lowest BCUT2D eigenvalue weighted by Gasteiger charge is -2.40. The average molecular weight is 391 g/mol. The Kier molecular flexibility index (Phi) is 5.75. The minimum atomic E-state index is -1.22. The number of carboxylic acids is 1. The Morgan fingerprint density at radius 2 is 2.14 bits per heavy atom. The third-order valence-corrected chi connectivity index (χ3v) is 4.83. The van der Waals surface area contributed by atoms with Crippen molar-refractivity contribution < 1.29 is 33.9 Å². The van der Waals surface area contributed by atoms with Crippen LogP contribution in [0.5, 0.6) is 11.5 Å². The van der Waals surface area contributed by atoms with E-state index >= 15 is 0 Å². The van der Waals surface area contributed by atoms with E-state index in [1.54, 1.807) is 19.2 Å². The van der Waals surface area contributed by atoms with Crippen LogP contribution in [0.25, 0.3) is 0 Å². The number of nitrogens with one attached hydrogen (secondary N) is 1. The van der Waals surface area contributed by atoms with Crippen molar-refractivity contribution in [2.24, 2.45) is 5.73 Å². The molecule has 11 heteroatoms. The minimum absolute atomic E-state index is 0.106. The number of hydrogen-bond donors (Lipinski definition) is 4. The van der Waals surface area contributed by atoms with Crippen molar-refractivity contribution in [3.05, 3.63) is 23.3 Å². The van der Waals surface area contributed by atoms with E-state index in [9.17, 15) is 24.5 Å². The lowest BCUT2D eigenvalue weighted by Crippen LogP contribution is -2.60. The maximum atomic E-state index is 12.4. The summed E-state index contributed by atoms with van der Waals surface area (Å²) in [6.07, 6.45) is 0.405. The number of primary amides is 1. The number of ether oxygens (including phenoxy) is 1. The number of carbonyl (C=O) groups excluding carboxylic acids is 2. The Labute approximate surface area is 161 Å². The summed E-state index contributed by atoms with van der Waals surface area (Å²) in [7, 11) is 0.515. The van der Waals surface area contributed by atoms with E-state index < -0.39 is 25.0 Å². The lowest BCUT2D eigenvalue weighted by molar-refractivity contribution is -0.143. The van der Waals surface area contributed by atoms with E-state index in [-0.39, 0.29) is 48.6 Å². The Morgan fingerprint density at radius 1 is 1.43 bits per heavy atom. The van der Waals surface area contributed by atoms with Crippen LogP contribution in [0, 0.1) is 0 Å².